The SMILES string of the molecule is CN[C@H](C(=O)O)C(=O)O[C@H](O)[C@@H]1O[C@H](Oc2ccc3c(=O)c(-c4ccc(O)cc4)coc3c2)[C@@H](ON2CC3=CC=NC3=C2c2cc(C)cc(C)c2)[C@@](O)(CO)[C@H]1O. The molecule has 57 heavy (non-hydrogen) atoms. The molecule has 7 rings (SSSR count). The number of carboxylic acid groups (broad SMARTS) is 1. The number of hydrogen-bond donors (Lipinski definition) is 7. The fraction of sp³-hybridized carbons (Fsp3) is 0.300. The monoisotopic (exact) mass is 785 g/mol. The molecule has 0 amide bonds. The summed E-state index contributed by atoms with van der Waals surface area (Å²) < 4.78 is 22.9. The summed E-state index contributed by atoms with van der Waals surface area (Å²) in [7, 11) is 1.17. The van der Waals surface area contributed by atoms with Crippen molar-refractivity contribution in [3.05, 3.63) is 111 Å². The lowest BCUT2D eigenvalue weighted by atomic mass is 9.84. The number of nitrogens with zero attached hydrogens (tertiary/aromatic N) is 2. The molecule has 1 aromatic heterocycles. The molecule has 0 unspecified atom stereocenters. The summed E-state index contributed by atoms with van der Waals surface area (Å²) in [6.07, 6.45) is -5.66. The number of likely N-dealkylation sites (N-methyl/N-ethyl adjacent to an activating group) is 1. The third kappa shape index (κ3) is 7.40. The van der Waals surface area contributed by atoms with Crippen molar-refractivity contribution in [3.8, 4) is 22.6 Å². The number of benzene rings is 3. The van der Waals surface area contributed by atoms with Crippen molar-refractivity contribution in [2.75, 3.05) is 20.2 Å². The number of fused-ring (bicyclic) bond motifs is 2. The highest BCUT2D eigenvalue weighted by Crippen LogP contribution is 2.42. The van der Waals surface area contributed by atoms with Crippen LogP contribution in [0.15, 0.2) is 98.5 Å². The third-order valence-corrected chi connectivity index (χ3v) is 9.88. The summed E-state index contributed by atoms with van der Waals surface area (Å²) in [5.41, 5.74) is 2.11. The topological polar surface area (TPSA) is 250 Å². The number of carbonyl (C=O) groups is 2. The van der Waals surface area contributed by atoms with Gasteiger partial charge in [0.25, 0.3) is 0 Å². The first-order valence-electron chi connectivity index (χ1n) is 17.7. The molecule has 1 saturated heterocycles. The van der Waals surface area contributed by atoms with E-state index in [1.165, 1.54) is 48.7 Å². The smallest absolute Gasteiger partial charge is 0.337 e. The summed E-state index contributed by atoms with van der Waals surface area (Å²) >= 11 is 0. The first kappa shape index (κ1) is 39.3. The van der Waals surface area contributed by atoms with Crippen molar-refractivity contribution >= 4 is 34.8 Å². The maximum Gasteiger partial charge on any atom is 0.337 e. The van der Waals surface area contributed by atoms with Gasteiger partial charge in [-0.05, 0) is 68.9 Å². The molecule has 3 aliphatic rings. The first-order valence-corrected chi connectivity index (χ1v) is 17.7. The van der Waals surface area contributed by atoms with E-state index in [-0.39, 0.29) is 34.6 Å². The summed E-state index contributed by atoms with van der Waals surface area (Å²) in [6, 6.07) is 14.0. The Balaban J connectivity index is 1.26. The lowest BCUT2D eigenvalue weighted by Gasteiger charge is -2.49. The number of phenolic OH excluding ortho intramolecular Hbond substituents is 1. The predicted molar refractivity (Wildman–Crippen MR) is 200 cm³/mol. The molecule has 17 nitrogen and oxygen atoms in total. The minimum Gasteiger partial charge on any atom is -0.508 e. The molecule has 0 spiro atoms. The molecule has 0 radical (unpaired) electrons. The molecular weight excluding hydrogens is 746 g/mol. The maximum atomic E-state index is 13.5. The zero-order chi connectivity index (χ0) is 40.8. The van der Waals surface area contributed by atoms with Crippen LogP contribution in [0.2, 0.25) is 0 Å². The fourth-order valence-electron chi connectivity index (χ4n) is 7.05. The van der Waals surface area contributed by atoms with Crippen LogP contribution in [-0.2, 0) is 23.9 Å². The number of nitrogens with one attached hydrogen (secondary N) is 1. The summed E-state index contributed by atoms with van der Waals surface area (Å²) in [6.45, 7) is 2.74. The normalized spacial score (nSPS) is 24.0. The highest BCUT2D eigenvalue weighted by molar-refractivity contribution is 5.98. The standard InChI is InChI=1S/C40H39N3O14/c1-19-12-20(2)14-23(13-19)31-29-22(10-11-42-29)16-43(31)57-35-39(55-33(34(47)40(35,52)18-44)38(51)56-37(50)30(41-3)36(48)49)54-25-8-9-26-28(15-25)53-17-27(32(26)46)21-4-6-24(45)7-5-21/h4-15,17,30,33-35,38-39,41,44-45,47,51-52H,16,18H2,1-3H3,(H,48,49)/t30-,33-,34+,35-,38+,39+,40-/m1/s1. The van der Waals surface area contributed by atoms with E-state index in [0.717, 1.165) is 16.7 Å². The quantitative estimate of drug-likeness (QED) is 0.0611. The molecule has 7 atom stereocenters. The second-order valence-electron chi connectivity index (χ2n) is 13.9. The van der Waals surface area contributed by atoms with Crippen LogP contribution in [0.1, 0.15) is 16.7 Å². The van der Waals surface area contributed by atoms with Crippen LogP contribution >= 0.6 is 0 Å². The number of esters is 1. The van der Waals surface area contributed by atoms with E-state index in [2.05, 4.69) is 10.3 Å². The van der Waals surface area contributed by atoms with Crippen LogP contribution in [0.5, 0.6) is 11.5 Å². The number of phenols is 1. The zero-order valence-corrected chi connectivity index (χ0v) is 30.7. The maximum absolute atomic E-state index is 13.5. The van der Waals surface area contributed by atoms with Gasteiger partial charge < -0.3 is 49.3 Å². The number of aliphatic imine (C=N–C) groups is 1. The van der Waals surface area contributed by atoms with Gasteiger partial charge in [-0.25, -0.2) is 14.7 Å². The minimum absolute atomic E-state index is 0.0187. The second kappa shape index (κ2) is 15.5. The highest BCUT2D eigenvalue weighted by Gasteiger charge is 2.61. The molecule has 3 aromatic carbocycles. The number of aliphatic carboxylic acids is 1. The van der Waals surface area contributed by atoms with E-state index in [1.807, 2.05) is 32.0 Å². The van der Waals surface area contributed by atoms with Crippen molar-refractivity contribution in [3.63, 3.8) is 0 Å². The van der Waals surface area contributed by atoms with Gasteiger partial charge in [-0.2, -0.15) is 0 Å². The largest absolute Gasteiger partial charge is 0.508 e. The number of hydrogen-bond acceptors (Lipinski definition) is 16. The lowest BCUT2D eigenvalue weighted by Crippen LogP contribution is -2.72. The summed E-state index contributed by atoms with van der Waals surface area (Å²) in [5.74, 6) is -3.08. The van der Waals surface area contributed by atoms with Gasteiger partial charge in [0.1, 0.15) is 29.4 Å². The first-order chi connectivity index (χ1) is 27.2. The summed E-state index contributed by atoms with van der Waals surface area (Å²) in [4.78, 5) is 48.7. The predicted octanol–water partition coefficient (Wildman–Crippen LogP) is 1.50. The number of hydroxylamine groups is 2. The number of aliphatic hydroxyl groups excluding tert-OH is 3. The Kier molecular flexibility index (Phi) is 10.7. The van der Waals surface area contributed by atoms with Crippen molar-refractivity contribution in [2.24, 2.45) is 4.99 Å². The second-order valence-corrected chi connectivity index (χ2v) is 13.9. The van der Waals surface area contributed by atoms with E-state index in [9.17, 15) is 45.0 Å². The van der Waals surface area contributed by atoms with E-state index in [0.29, 0.717) is 22.5 Å². The molecule has 0 saturated carbocycles. The number of carbonyl (C=O) groups excluding carboxylic acids is 1. The van der Waals surface area contributed by atoms with Gasteiger partial charge >= 0.3 is 11.9 Å². The van der Waals surface area contributed by atoms with Gasteiger partial charge in [0.05, 0.1) is 35.5 Å². The molecule has 4 heterocycles. The molecule has 3 aliphatic heterocycles. The van der Waals surface area contributed by atoms with Gasteiger partial charge in [0.2, 0.25) is 18.6 Å². The Morgan fingerprint density at radius 1 is 1.07 bits per heavy atom. The van der Waals surface area contributed by atoms with Crippen molar-refractivity contribution in [1.82, 2.24) is 10.4 Å². The highest BCUT2D eigenvalue weighted by atomic mass is 16.8. The van der Waals surface area contributed by atoms with Gasteiger partial charge in [0.15, 0.2) is 23.2 Å². The minimum atomic E-state index is -2.72. The molecule has 4 aromatic rings. The molecule has 7 N–H and O–H groups in total. The Bertz CT molecular complexity index is 2350. The Hall–Kier alpha value is -5.92. The fourth-order valence-corrected chi connectivity index (χ4v) is 7.05. The molecule has 1 fully saturated rings. The average Bonchev–Trinajstić information content (AvgIpc) is 3.76. The van der Waals surface area contributed by atoms with Gasteiger partial charge in [-0.3, -0.25) is 19.9 Å². The zero-order valence-electron chi connectivity index (χ0n) is 30.7. The Morgan fingerprint density at radius 3 is 2.46 bits per heavy atom. The van der Waals surface area contributed by atoms with E-state index < -0.39 is 66.5 Å². The Morgan fingerprint density at radius 2 is 1.79 bits per heavy atom. The summed E-state index contributed by atoms with van der Waals surface area (Å²) in [5, 5.41) is 68.3. The molecule has 0 aliphatic carbocycles. The van der Waals surface area contributed by atoms with E-state index in [1.54, 1.807) is 24.4 Å². The van der Waals surface area contributed by atoms with Crippen LogP contribution in [0.25, 0.3) is 27.8 Å². The number of allylic oxidation sites excluding steroid dienone is 1. The van der Waals surface area contributed by atoms with Gasteiger partial charge in [-0.15, -0.1) is 0 Å². The van der Waals surface area contributed by atoms with Crippen LogP contribution in [0, 0.1) is 13.8 Å². The molecular formula is C40H39N3O14. The third-order valence-electron chi connectivity index (χ3n) is 9.88. The van der Waals surface area contributed by atoms with Crippen molar-refractivity contribution < 1.29 is 63.7 Å². The molecule has 0 bridgehead atoms. The number of aliphatic hydroxyl groups is 4. The number of carboxylic acids is 1. The number of aryl methyl sites for hydroxylation is 2. The van der Waals surface area contributed by atoms with Crippen LogP contribution in [0.3, 0.4) is 0 Å². The molecule has 17 heteroatoms. The van der Waals surface area contributed by atoms with Crippen LogP contribution < -0.4 is 15.5 Å². The number of ether oxygens (including phenoxy) is 3. The molecule has 298 valence electrons. The van der Waals surface area contributed by atoms with Crippen LogP contribution in [0.4, 0.5) is 0 Å². The van der Waals surface area contributed by atoms with E-state index >= 15 is 0 Å². The number of rotatable bonds is 12. The van der Waals surface area contributed by atoms with Gasteiger partial charge in [0, 0.05) is 23.4 Å². The van der Waals surface area contributed by atoms with Gasteiger partial charge in [-0.1, -0.05) is 29.3 Å². The Labute approximate surface area is 323 Å². The van der Waals surface area contributed by atoms with Crippen molar-refractivity contribution in [2.45, 2.75) is 56.4 Å². The van der Waals surface area contributed by atoms with E-state index in [4.69, 9.17) is 23.5 Å². The number of aromatic hydroxyl groups is 1. The lowest BCUT2D eigenvalue weighted by molar-refractivity contribution is -0.375. The average molecular weight is 786 g/mol. The van der Waals surface area contributed by atoms with Crippen LogP contribution in [-0.4, -0.2) is 117 Å². The van der Waals surface area contributed by atoms with Crippen molar-refractivity contribution in [1.29, 1.82) is 0 Å².